The van der Waals surface area contributed by atoms with E-state index in [4.69, 9.17) is 11.6 Å². The molecular formula is C19H22ClNO. The quantitative estimate of drug-likeness (QED) is 0.801. The maximum atomic E-state index is 12.4. The lowest BCUT2D eigenvalue weighted by atomic mass is 9.92. The molecule has 2 unspecified atom stereocenters. The van der Waals surface area contributed by atoms with E-state index in [1.807, 2.05) is 81.4 Å². The third kappa shape index (κ3) is 4.11. The summed E-state index contributed by atoms with van der Waals surface area (Å²) >= 11 is 6.69. The smallest absolute Gasteiger partial charge is 0.225 e. The van der Waals surface area contributed by atoms with Gasteiger partial charge in [0.2, 0.25) is 5.91 Å². The van der Waals surface area contributed by atoms with Crippen molar-refractivity contribution in [3.05, 3.63) is 71.8 Å². The lowest BCUT2D eigenvalue weighted by Gasteiger charge is -2.28. The van der Waals surface area contributed by atoms with Crippen LogP contribution in [-0.2, 0) is 4.79 Å². The van der Waals surface area contributed by atoms with Crippen molar-refractivity contribution in [3.8, 4) is 0 Å². The van der Waals surface area contributed by atoms with Crippen LogP contribution in [0.15, 0.2) is 60.7 Å². The molecule has 0 aliphatic carbocycles. The molecule has 0 saturated heterocycles. The molecule has 0 aliphatic rings. The number of benzene rings is 2. The van der Waals surface area contributed by atoms with E-state index in [0.29, 0.717) is 0 Å². The van der Waals surface area contributed by atoms with Gasteiger partial charge in [-0.3, -0.25) is 4.79 Å². The number of hydrogen-bond donors (Lipinski definition) is 1. The van der Waals surface area contributed by atoms with Crippen molar-refractivity contribution in [2.24, 2.45) is 5.41 Å². The van der Waals surface area contributed by atoms with E-state index in [1.54, 1.807) is 0 Å². The summed E-state index contributed by atoms with van der Waals surface area (Å²) in [4.78, 5) is 12.4. The van der Waals surface area contributed by atoms with Crippen LogP contribution in [0.25, 0.3) is 0 Å². The number of carbonyl (C=O) groups excluding carboxylic acids is 1. The highest BCUT2D eigenvalue weighted by Crippen LogP contribution is 2.35. The molecule has 0 heterocycles. The average molecular weight is 316 g/mol. The molecule has 22 heavy (non-hydrogen) atoms. The van der Waals surface area contributed by atoms with Gasteiger partial charge in [-0.15, -0.1) is 11.6 Å². The molecule has 0 fully saturated rings. The number of carbonyl (C=O) groups is 1. The largest absolute Gasteiger partial charge is 0.347 e. The maximum absolute atomic E-state index is 12.4. The van der Waals surface area contributed by atoms with Gasteiger partial charge in [-0.05, 0) is 11.1 Å². The Bertz CT molecular complexity index is 604. The van der Waals surface area contributed by atoms with Gasteiger partial charge >= 0.3 is 0 Å². The topological polar surface area (TPSA) is 29.1 Å². The molecule has 0 radical (unpaired) electrons. The van der Waals surface area contributed by atoms with Crippen molar-refractivity contribution in [2.75, 3.05) is 0 Å². The zero-order chi connectivity index (χ0) is 16.2. The van der Waals surface area contributed by atoms with Gasteiger partial charge in [0, 0.05) is 5.41 Å². The summed E-state index contributed by atoms with van der Waals surface area (Å²) in [5, 5.41) is 2.78. The van der Waals surface area contributed by atoms with Crippen molar-refractivity contribution >= 4 is 17.5 Å². The Balaban J connectivity index is 2.32. The standard InChI is InChI=1S/C19H22ClNO/c1-19(2,3)18(22)21-17(15-12-8-5-9-13-15)16(20)14-10-6-4-7-11-14/h4-13,16-17H,1-3H3,(H,21,22). The number of halogens is 1. The molecule has 1 amide bonds. The molecule has 0 aliphatic heterocycles. The van der Waals surface area contributed by atoms with Crippen molar-refractivity contribution < 1.29 is 4.79 Å². The van der Waals surface area contributed by atoms with Crippen LogP contribution >= 0.6 is 11.6 Å². The van der Waals surface area contributed by atoms with Crippen molar-refractivity contribution in [1.29, 1.82) is 0 Å². The van der Waals surface area contributed by atoms with E-state index in [9.17, 15) is 4.79 Å². The summed E-state index contributed by atoms with van der Waals surface area (Å²) in [6, 6.07) is 19.4. The van der Waals surface area contributed by atoms with E-state index in [0.717, 1.165) is 11.1 Å². The normalized spacial score (nSPS) is 14.2. The molecule has 1 N–H and O–H groups in total. The summed E-state index contributed by atoms with van der Waals surface area (Å²) in [7, 11) is 0. The lowest BCUT2D eigenvalue weighted by molar-refractivity contribution is -0.129. The van der Waals surface area contributed by atoms with E-state index < -0.39 is 5.41 Å². The minimum Gasteiger partial charge on any atom is -0.347 e. The van der Waals surface area contributed by atoms with Crippen molar-refractivity contribution in [1.82, 2.24) is 5.32 Å². The first-order valence-corrected chi connectivity index (χ1v) is 7.88. The molecule has 0 bridgehead atoms. The summed E-state index contributed by atoms with van der Waals surface area (Å²) in [5.41, 5.74) is 1.54. The number of rotatable bonds is 4. The summed E-state index contributed by atoms with van der Waals surface area (Å²) in [6.07, 6.45) is 0. The number of amides is 1. The van der Waals surface area contributed by atoms with Gasteiger partial charge < -0.3 is 5.32 Å². The molecule has 2 rings (SSSR count). The Morgan fingerprint density at radius 3 is 1.82 bits per heavy atom. The van der Waals surface area contributed by atoms with Crippen LogP contribution in [0.1, 0.15) is 43.3 Å². The van der Waals surface area contributed by atoms with Gasteiger partial charge in [0.1, 0.15) is 0 Å². The van der Waals surface area contributed by atoms with Crippen LogP contribution in [0.2, 0.25) is 0 Å². The fourth-order valence-electron chi connectivity index (χ4n) is 2.17. The highest BCUT2D eigenvalue weighted by atomic mass is 35.5. The van der Waals surface area contributed by atoms with Gasteiger partial charge in [0.25, 0.3) is 0 Å². The Hall–Kier alpha value is -1.80. The molecule has 0 aromatic heterocycles. The Labute approximate surface area is 137 Å². The van der Waals surface area contributed by atoms with Gasteiger partial charge in [0.15, 0.2) is 0 Å². The summed E-state index contributed by atoms with van der Waals surface area (Å²) in [6.45, 7) is 5.70. The molecule has 3 heteroatoms. The molecule has 0 spiro atoms. The van der Waals surface area contributed by atoms with Gasteiger partial charge in [-0.1, -0.05) is 81.4 Å². The van der Waals surface area contributed by atoms with E-state index in [2.05, 4.69) is 5.32 Å². The second-order valence-electron chi connectivity index (χ2n) is 6.42. The second-order valence-corrected chi connectivity index (χ2v) is 6.89. The second kappa shape index (κ2) is 6.97. The third-order valence-corrected chi connectivity index (χ3v) is 4.04. The molecule has 2 aromatic carbocycles. The van der Waals surface area contributed by atoms with Crippen LogP contribution in [0.3, 0.4) is 0 Å². The monoisotopic (exact) mass is 315 g/mol. The SMILES string of the molecule is CC(C)(C)C(=O)NC(c1ccccc1)C(Cl)c1ccccc1. The van der Waals surface area contributed by atoms with Crippen LogP contribution in [0.4, 0.5) is 0 Å². The maximum Gasteiger partial charge on any atom is 0.225 e. The van der Waals surface area contributed by atoms with Gasteiger partial charge in [-0.2, -0.15) is 0 Å². The minimum absolute atomic E-state index is 0.0112. The molecular weight excluding hydrogens is 294 g/mol. The fourth-order valence-corrected chi connectivity index (χ4v) is 2.53. The van der Waals surface area contributed by atoms with Crippen LogP contribution in [0, 0.1) is 5.41 Å². The lowest BCUT2D eigenvalue weighted by Crippen LogP contribution is -2.38. The number of nitrogens with one attached hydrogen (secondary N) is 1. The highest BCUT2D eigenvalue weighted by Gasteiger charge is 2.29. The number of alkyl halides is 1. The predicted octanol–water partition coefficient (Wildman–Crippen LogP) is 4.87. The van der Waals surface area contributed by atoms with E-state index in [-0.39, 0.29) is 17.3 Å². The highest BCUT2D eigenvalue weighted by molar-refractivity contribution is 6.21. The third-order valence-electron chi connectivity index (χ3n) is 3.54. The van der Waals surface area contributed by atoms with Gasteiger partial charge in [0.05, 0.1) is 11.4 Å². The Morgan fingerprint density at radius 2 is 1.36 bits per heavy atom. The first-order chi connectivity index (χ1) is 10.4. The van der Waals surface area contributed by atoms with Crippen LogP contribution < -0.4 is 5.32 Å². The number of hydrogen-bond acceptors (Lipinski definition) is 1. The zero-order valence-corrected chi connectivity index (χ0v) is 14.0. The van der Waals surface area contributed by atoms with E-state index >= 15 is 0 Å². The average Bonchev–Trinajstić information content (AvgIpc) is 2.52. The molecule has 2 aromatic rings. The summed E-state index contributed by atoms with van der Waals surface area (Å²) < 4.78 is 0. The molecule has 2 nitrogen and oxygen atoms in total. The first-order valence-electron chi connectivity index (χ1n) is 7.44. The van der Waals surface area contributed by atoms with Gasteiger partial charge in [-0.25, -0.2) is 0 Å². The van der Waals surface area contributed by atoms with Crippen LogP contribution in [0.5, 0.6) is 0 Å². The van der Waals surface area contributed by atoms with E-state index in [1.165, 1.54) is 0 Å². The zero-order valence-electron chi connectivity index (χ0n) is 13.2. The first kappa shape index (κ1) is 16.6. The predicted molar refractivity (Wildman–Crippen MR) is 91.8 cm³/mol. The minimum atomic E-state index is -0.458. The fraction of sp³-hybridized carbons (Fsp3) is 0.316. The molecule has 116 valence electrons. The Morgan fingerprint density at radius 1 is 0.909 bits per heavy atom. The Kier molecular flexibility index (Phi) is 5.25. The van der Waals surface area contributed by atoms with Crippen LogP contribution in [-0.4, -0.2) is 5.91 Å². The van der Waals surface area contributed by atoms with Crippen molar-refractivity contribution in [3.63, 3.8) is 0 Å². The molecule has 2 atom stereocenters. The summed E-state index contributed by atoms with van der Waals surface area (Å²) in [5.74, 6) is -0.0112. The molecule has 0 saturated carbocycles. The van der Waals surface area contributed by atoms with Crippen molar-refractivity contribution in [2.45, 2.75) is 32.2 Å².